The van der Waals surface area contributed by atoms with E-state index in [4.69, 9.17) is 14.3 Å². The third kappa shape index (κ3) is 5.54. The highest BCUT2D eigenvalue weighted by atomic mass is 19.4. The smallest absolute Gasteiger partial charge is 0.355 e. The van der Waals surface area contributed by atoms with E-state index in [0.717, 1.165) is 11.1 Å². The molecule has 184 valence electrons. The number of rotatable bonds is 9. The fourth-order valence-corrected chi connectivity index (χ4v) is 3.98. The van der Waals surface area contributed by atoms with E-state index < -0.39 is 17.8 Å². The van der Waals surface area contributed by atoms with Crippen LogP contribution in [-0.2, 0) is 35.1 Å². The van der Waals surface area contributed by atoms with E-state index in [2.05, 4.69) is 19.0 Å². The quantitative estimate of drug-likeness (QED) is 0.240. The van der Waals surface area contributed by atoms with Gasteiger partial charge in [0, 0.05) is 11.1 Å². The summed E-state index contributed by atoms with van der Waals surface area (Å²) in [7, 11) is 0. The molecule has 0 aliphatic carbocycles. The van der Waals surface area contributed by atoms with Gasteiger partial charge < -0.3 is 4.52 Å². The average Bonchev–Trinajstić information content (AvgIpc) is 3.19. The first-order chi connectivity index (χ1) is 16.1. The van der Waals surface area contributed by atoms with E-state index in [1.54, 1.807) is 0 Å². The van der Waals surface area contributed by atoms with Gasteiger partial charge in [0.05, 0.1) is 11.8 Å². The number of halogens is 3. The summed E-state index contributed by atoms with van der Waals surface area (Å²) in [6, 6.07) is 7.30. The second-order valence-electron chi connectivity index (χ2n) is 8.81. The van der Waals surface area contributed by atoms with E-state index in [-0.39, 0.29) is 23.1 Å². The summed E-state index contributed by atoms with van der Waals surface area (Å²) in [5, 5.41) is 3.16. The zero-order valence-corrected chi connectivity index (χ0v) is 20.1. The number of carbonyl (C=O) groups is 1. The van der Waals surface area contributed by atoms with E-state index in [9.17, 15) is 18.0 Å². The standard InChI is InChI=1S/C26H30F3NO4/c1-6-8-19-13-21-24(32-30-25(21)26(27,28)29)20(9-7-2)23(19)34-33-22(31)14-18-11-10-17(15(3)4)12-16(18)5/h10-13,15H,6-9,14H2,1-5H3. The van der Waals surface area contributed by atoms with E-state index in [1.165, 1.54) is 11.6 Å². The van der Waals surface area contributed by atoms with Crippen LogP contribution in [0.3, 0.4) is 0 Å². The summed E-state index contributed by atoms with van der Waals surface area (Å²) < 4.78 is 45.4. The van der Waals surface area contributed by atoms with Crippen molar-refractivity contribution in [1.29, 1.82) is 0 Å². The lowest BCUT2D eigenvalue weighted by Gasteiger charge is -2.15. The third-order valence-corrected chi connectivity index (χ3v) is 5.76. The molecule has 34 heavy (non-hydrogen) atoms. The molecule has 3 rings (SSSR count). The number of aromatic nitrogens is 1. The van der Waals surface area contributed by atoms with Crippen molar-refractivity contribution < 1.29 is 32.3 Å². The van der Waals surface area contributed by atoms with Gasteiger partial charge >= 0.3 is 12.1 Å². The fourth-order valence-electron chi connectivity index (χ4n) is 3.98. The van der Waals surface area contributed by atoms with Crippen LogP contribution in [0.2, 0.25) is 0 Å². The lowest BCUT2D eigenvalue weighted by molar-refractivity contribution is -0.213. The van der Waals surface area contributed by atoms with E-state index >= 15 is 0 Å². The van der Waals surface area contributed by atoms with Crippen molar-refractivity contribution in [1.82, 2.24) is 5.16 Å². The number of alkyl halides is 3. The molecular weight excluding hydrogens is 447 g/mol. The highest BCUT2D eigenvalue weighted by Crippen LogP contribution is 2.40. The Bertz CT molecular complexity index is 1170. The average molecular weight is 478 g/mol. The molecule has 2 aromatic carbocycles. The lowest BCUT2D eigenvalue weighted by Crippen LogP contribution is -2.14. The van der Waals surface area contributed by atoms with Gasteiger partial charge in [0.25, 0.3) is 0 Å². The van der Waals surface area contributed by atoms with Crippen LogP contribution in [0.15, 0.2) is 28.8 Å². The first-order valence-corrected chi connectivity index (χ1v) is 11.5. The van der Waals surface area contributed by atoms with E-state index in [0.29, 0.717) is 42.7 Å². The van der Waals surface area contributed by atoms with Gasteiger partial charge in [-0.1, -0.05) is 63.9 Å². The Morgan fingerprint density at radius 1 is 1.09 bits per heavy atom. The maximum Gasteiger partial charge on any atom is 0.437 e. The fraction of sp³-hybridized carbons (Fsp3) is 0.462. The first kappa shape index (κ1) is 25.6. The Balaban J connectivity index is 1.90. The Morgan fingerprint density at radius 3 is 2.38 bits per heavy atom. The van der Waals surface area contributed by atoms with Crippen LogP contribution in [0.1, 0.15) is 80.0 Å². The maximum absolute atomic E-state index is 13.4. The molecule has 0 amide bonds. The van der Waals surface area contributed by atoms with Crippen molar-refractivity contribution in [2.24, 2.45) is 0 Å². The summed E-state index contributed by atoms with van der Waals surface area (Å²) in [6.45, 7) is 9.92. The molecule has 5 nitrogen and oxygen atoms in total. The predicted molar refractivity (Wildman–Crippen MR) is 123 cm³/mol. The van der Waals surface area contributed by atoms with Crippen molar-refractivity contribution in [3.63, 3.8) is 0 Å². The van der Waals surface area contributed by atoms with E-state index in [1.807, 2.05) is 39.0 Å². The molecule has 0 saturated carbocycles. The molecule has 1 heterocycles. The van der Waals surface area contributed by atoms with Gasteiger partial charge in [-0.3, -0.25) is 9.78 Å². The molecule has 0 saturated heterocycles. The van der Waals surface area contributed by atoms with Crippen molar-refractivity contribution in [3.05, 3.63) is 57.8 Å². The topological polar surface area (TPSA) is 61.6 Å². The van der Waals surface area contributed by atoms with Crippen LogP contribution in [0.25, 0.3) is 11.0 Å². The van der Waals surface area contributed by atoms with Crippen LogP contribution >= 0.6 is 0 Å². The molecule has 0 spiro atoms. The third-order valence-electron chi connectivity index (χ3n) is 5.76. The molecule has 3 aromatic rings. The summed E-state index contributed by atoms with van der Waals surface area (Å²) in [5.41, 5.74) is 2.83. The van der Waals surface area contributed by atoms with Crippen molar-refractivity contribution >= 4 is 16.9 Å². The van der Waals surface area contributed by atoms with Gasteiger partial charge in [0.1, 0.15) is 0 Å². The highest BCUT2D eigenvalue weighted by Gasteiger charge is 2.38. The molecule has 0 atom stereocenters. The van der Waals surface area contributed by atoms with Gasteiger partial charge in [0.15, 0.2) is 17.0 Å². The van der Waals surface area contributed by atoms with Crippen LogP contribution in [0, 0.1) is 6.92 Å². The number of fused-ring (bicyclic) bond motifs is 1. The molecule has 0 unspecified atom stereocenters. The molecule has 0 N–H and O–H groups in total. The molecule has 0 bridgehead atoms. The summed E-state index contributed by atoms with van der Waals surface area (Å²) in [5.74, 6) is 0.00104. The largest absolute Gasteiger partial charge is 0.437 e. The van der Waals surface area contributed by atoms with Gasteiger partial charge in [-0.25, -0.2) is 4.79 Å². The summed E-state index contributed by atoms with van der Waals surface area (Å²) in [4.78, 5) is 23.2. The lowest BCUT2D eigenvalue weighted by atomic mass is 9.97. The molecule has 0 aliphatic rings. The minimum Gasteiger partial charge on any atom is -0.355 e. The van der Waals surface area contributed by atoms with Crippen molar-refractivity contribution in [2.45, 2.75) is 78.8 Å². The Kier molecular flexibility index (Phi) is 7.89. The molecule has 0 radical (unpaired) electrons. The van der Waals surface area contributed by atoms with Gasteiger partial charge in [-0.2, -0.15) is 13.2 Å². The zero-order chi connectivity index (χ0) is 25.0. The Hall–Kier alpha value is -3.03. The Labute approximate surface area is 197 Å². The molecule has 8 heteroatoms. The minimum atomic E-state index is -4.64. The molecular formula is C26H30F3NO4. The number of nitrogens with zero attached hydrogens (tertiary/aromatic N) is 1. The maximum atomic E-state index is 13.4. The summed E-state index contributed by atoms with van der Waals surface area (Å²) >= 11 is 0. The monoisotopic (exact) mass is 477 g/mol. The molecule has 0 fully saturated rings. The second kappa shape index (κ2) is 10.5. The van der Waals surface area contributed by atoms with Gasteiger partial charge in [-0.15, -0.1) is 0 Å². The molecule has 1 aromatic heterocycles. The molecule has 0 aliphatic heterocycles. The number of hydrogen-bond acceptors (Lipinski definition) is 5. The van der Waals surface area contributed by atoms with Crippen LogP contribution in [0.4, 0.5) is 13.2 Å². The number of aryl methyl sites for hydroxylation is 3. The van der Waals surface area contributed by atoms with Gasteiger partial charge in [0.2, 0.25) is 0 Å². The normalized spacial score (nSPS) is 11.9. The van der Waals surface area contributed by atoms with Gasteiger partial charge in [-0.05, 0) is 48.4 Å². The number of benzene rings is 2. The minimum absolute atomic E-state index is 0.000181. The second-order valence-corrected chi connectivity index (χ2v) is 8.81. The number of carbonyl (C=O) groups excluding carboxylic acids is 1. The van der Waals surface area contributed by atoms with Crippen molar-refractivity contribution in [3.8, 4) is 5.75 Å². The van der Waals surface area contributed by atoms with Crippen LogP contribution in [0.5, 0.6) is 5.75 Å². The van der Waals surface area contributed by atoms with Crippen LogP contribution < -0.4 is 4.89 Å². The highest BCUT2D eigenvalue weighted by molar-refractivity contribution is 5.86. The SMILES string of the molecule is CCCc1cc2c(C(F)(F)F)noc2c(CCC)c1OOC(=O)Cc1ccc(C(C)C)cc1C. The summed E-state index contributed by atoms with van der Waals surface area (Å²) in [6.07, 6.45) is -2.52. The first-order valence-electron chi connectivity index (χ1n) is 11.5. The zero-order valence-electron chi connectivity index (χ0n) is 20.1. The van der Waals surface area contributed by atoms with Crippen LogP contribution in [-0.4, -0.2) is 11.1 Å². The predicted octanol–water partition coefficient (Wildman–Crippen LogP) is 7.26. The van der Waals surface area contributed by atoms with Crippen molar-refractivity contribution in [2.75, 3.05) is 0 Å². The number of hydrogen-bond donors (Lipinski definition) is 0. The Morgan fingerprint density at radius 2 is 1.79 bits per heavy atom.